The molecule has 0 heterocycles. The number of benzene rings is 2. The van der Waals surface area contributed by atoms with Crippen molar-refractivity contribution in [3.8, 4) is 0 Å². The van der Waals surface area contributed by atoms with E-state index in [0.29, 0.717) is 15.6 Å². The molecule has 0 bridgehead atoms. The van der Waals surface area contributed by atoms with Crippen LogP contribution in [0.3, 0.4) is 0 Å². The van der Waals surface area contributed by atoms with Gasteiger partial charge in [0.05, 0.1) is 23.0 Å². The van der Waals surface area contributed by atoms with Gasteiger partial charge >= 0.3 is 0 Å². The Labute approximate surface area is 156 Å². The smallest absolute Gasteiger partial charge is 0.257 e. The van der Waals surface area contributed by atoms with Crippen molar-refractivity contribution in [2.45, 2.75) is 20.3 Å². The van der Waals surface area contributed by atoms with Crippen LogP contribution in [-0.2, 0) is 16.0 Å². The summed E-state index contributed by atoms with van der Waals surface area (Å²) in [6, 6.07) is 10.9. The van der Waals surface area contributed by atoms with E-state index < -0.39 is 0 Å². The Morgan fingerprint density at radius 2 is 1.64 bits per heavy atom. The quantitative estimate of drug-likeness (QED) is 0.697. The number of rotatable bonds is 5. The Morgan fingerprint density at radius 3 is 2.32 bits per heavy atom. The van der Waals surface area contributed by atoms with E-state index in [1.807, 2.05) is 32.0 Å². The largest absolute Gasteiger partial charge is 0.376 e. The molecule has 25 heavy (non-hydrogen) atoms. The zero-order chi connectivity index (χ0) is 18.4. The third-order valence-electron chi connectivity index (χ3n) is 3.51. The van der Waals surface area contributed by atoms with Gasteiger partial charge in [-0.2, -0.15) is 0 Å². The highest BCUT2D eigenvalue weighted by Gasteiger charge is 2.08. The van der Waals surface area contributed by atoms with E-state index in [0.717, 1.165) is 16.8 Å². The molecule has 0 aliphatic rings. The summed E-state index contributed by atoms with van der Waals surface area (Å²) in [7, 11) is 0. The first kappa shape index (κ1) is 19.1. The van der Waals surface area contributed by atoms with E-state index in [9.17, 15) is 9.59 Å². The average molecular weight is 380 g/mol. The first-order valence-electron chi connectivity index (χ1n) is 7.68. The average Bonchev–Trinajstić information content (AvgIpc) is 2.55. The molecule has 0 atom stereocenters. The number of hydrazine groups is 1. The molecule has 3 N–H and O–H groups in total. The maximum Gasteiger partial charge on any atom is 0.257 e. The Balaban J connectivity index is 1.77. The van der Waals surface area contributed by atoms with Crippen molar-refractivity contribution in [1.82, 2.24) is 10.9 Å². The molecule has 0 aliphatic carbocycles. The lowest BCUT2D eigenvalue weighted by Crippen LogP contribution is -2.44. The van der Waals surface area contributed by atoms with Crippen molar-refractivity contribution < 1.29 is 9.59 Å². The van der Waals surface area contributed by atoms with E-state index in [1.54, 1.807) is 18.2 Å². The lowest BCUT2D eigenvalue weighted by Gasteiger charge is -2.11. The fourth-order valence-electron chi connectivity index (χ4n) is 2.25. The molecule has 0 saturated heterocycles. The first-order chi connectivity index (χ1) is 11.8. The second-order valence-electron chi connectivity index (χ2n) is 5.69. The van der Waals surface area contributed by atoms with Crippen LogP contribution >= 0.6 is 23.2 Å². The van der Waals surface area contributed by atoms with Crippen LogP contribution in [0, 0.1) is 13.8 Å². The van der Waals surface area contributed by atoms with E-state index in [-0.39, 0.29) is 24.8 Å². The van der Waals surface area contributed by atoms with E-state index >= 15 is 0 Å². The Hall–Kier alpha value is -2.24. The fraction of sp³-hybridized carbons (Fsp3) is 0.222. The predicted octanol–water partition coefficient (Wildman–Crippen LogP) is 3.41. The summed E-state index contributed by atoms with van der Waals surface area (Å²) < 4.78 is 0. The van der Waals surface area contributed by atoms with Crippen LogP contribution in [0.25, 0.3) is 0 Å². The van der Waals surface area contributed by atoms with Crippen molar-refractivity contribution in [3.63, 3.8) is 0 Å². The molecule has 132 valence electrons. The van der Waals surface area contributed by atoms with Crippen LogP contribution in [-0.4, -0.2) is 18.4 Å². The molecule has 0 aromatic heterocycles. The molecule has 2 aromatic rings. The highest BCUT2D eigenvalue weighted by atomic mass is 35.5. The summed E-state index contributed by atoms with van der Waals surface area (Å²) in [5, 5.41) is 3.84. The molecular weight excluding hydrogens is 361 g/mol. The Kier molecular flexibility index (Phi) is 6.67. The summed E-state index contributed by atoms with van der Waals surface area (Å²) in [6.07, 6.45) is 0.0850. The summed E-state index contributed by atoms with van der Waals surface area (Å²) in [5.41, 5.74) is 8.53. The lowest BCUT2D eigenvalue weighted by atomic mass is 10.1. The van der Waals surface area contributed by atoms with Gasteiger partial charge in [-0.1, -0.05) is 47.0 Å². The highest BCUT2D eigenvalue weighted by Crippen LogP contribution is 2.22. The van der Waals surface area contributed by atoms with E-state index in [2.05, 4.69) is 16.2 Å². The van der Waals surface area contributed by atoms with Gasteiger partial charge < -0.3 is 5.32 Å². The number of hydrogen-bond acceptors (Lipinski definition) is 3. The van der Waals surface area contributed by atoms with Crippen LogP contribution in [0.2, 0.25) is 10.0 Å². The molecule has 0 aliphatic heterocycles. The number of carbonyl (C=O) groups excluding carboxylic acids is 2. The molecule has 0 unspecified atom stereocenters. The fourth-order valence-corrected chi connectivity index (χ4v) is 2.57. The number of hydrogen-bond donors (Lipinski definition) is 3. The van der Waals surface area contributed by atoms with Crippen molar-refractivity contribution in [1.29, 1.82) is 0 Å². The van der Waals surface area contributed by atoms with Gasteiger partial charge in [0.1, 0.15) is 0 Å². The summed E-state index contributed by atoms with van der Waals surface area (Å²) in [6.45, 7) is 4.02. The van der Waals surface area contributed by atoms with Gasteiger partial charge in [-0.25, -0.2) is 0 Å². The van der Waals surface area contributed by atoms with Gasteiger partial charge in [0.25, 0.3) is 5.91 Å². The molecule has 0 fully saturated rings. The zero-order valence-electron chi connectivity index (χ0n) is 14.0. The van der Waals surface area contributed by atoms with Crippen LogP contribution in [0.4, 0.5) is 5.69 Å². The van der Waals surface area contributed by atoms with Gasteiger partial charge in [0, 0.05) is 5.69 Å². The molecule has 0 spiro atoms. The van der Waals surface area contributed by atoms with Crippen molar-refractivity contribution in [2.24, 2.45) is 0 Å². The number of amides is 2. The van der Waals surface area contributed by atoms with Crippen LogP contribution in [0.1, 0.15) is 16.7 Å². The van der Waals surface area contributed by atoms with Crippen LogP contribution in [0.15, 0.2) is 36.4 Å². The van der Waals surface area contributed by atoms with Crippen LogP contribution in [0.5, 0.6) is 0 Å². The summed E-state index contributed by atoms with van der Waals surface area (Å²) in [4.78, 5) is 23.7. The van der Waals surface area contributed by atoms with Crippen molar-refractivity contribution >= 4 is 40.7 Å². The third kappa shape index (κ3) is 5.96. The number of aryl methyl sites for hydroxylation is 2. The van der Waals surface area contributed by atoms with E-state index in [1.165, 1.54) is 0 Å². The second-order valence-corrected chi connectivity index (χ2v) is 6.51. The molecule has 0 saturated carbocycles. The summed E-state index contributed by atoms with van der Waals surface area (Å²) >= 11 is 11.7. The highest BCUT2D eigenvalue weighted by molar-refractivity contribution is 6.42. The monoisotopic (exact) mass is 379 g/mol. The maximum absolute atomic E-state index is 11.9. The minimum atomic E-state index is -0.349. The third-order valence-corrected chi connectivity index (χ3v) is 4.25. The SMILES string of the molecule is Cc1ccc(NCC(=O)NNC(=O)Cc2ccc(Cl)c(Cl)c2)c(C)c1. The lowest BCUT2D eigenvalue weighted by molar-refractivity contribution is -0.127. The second kappa shape index (κ2) is 8.74. The van der Waals surface area contributed by atoms with Crippen molar-refractivity contribution in [2.75, 3.05) is 11.9 Å². The number of nitrogens with one attached hydrogen (secondary N) is 3. The normalized spacial score (nSPS) is 10.2. The summed E-state index contributed by atoms with van der Waals surface area (Å²) in [5.74, 6) is -0.694. The van der Waals surface area contributed by atoms with Gasteiger partial charge in [0.2, 0.25) is 5.91 Å². The Bertz CT molecular complexity index is 794. The predicted molar refractivity (Wildman–Crippen MR) is 101 cm³/mol. The van der Waals surface area contributed by atoms with Gasteiger partial charge in [-0.15, -0.1) is 0 Å². The van der Waals surface area contributed by atoms with Gasteiger partial charge in [0.15, 0.2) is 0 Å². The number of anilines is 1. The molecule has 7 heteroatoms. The number of carbonyl (C=O) groups is 2. The molecule has 2 rings (SSSR count). The van der Waals surface area contributed by atoms with E-state index in [4.69, 9.17) is 23.2 Å². The standard InChI is InChI=1S/C18H19Cl2N3O2/c1-11-3-6-16(12(2)7-11)21-10-18(25)23-22-17(24)9-13-4-5-14(19)15(20)8-13/h3-8,21H,9-10H2,1-2H3,(H,22,24)(H,23,25). The van der Waals surface area contributed by atoms with Gasteiger partial charge in [-0.05, 0) is 43.2 Å². The Morgan fingerprint density at radius 1 is 0.920 bits per heavy atom. The molecule has 0 radical (unpaired) electrons. The number of halogens is 2. The minimum Gasteiger partial charge on any atom is -0.376 e. The zero-order valence-corrected chi connectivity index (χ0v) is 15.5. The van der Waals surface area contributed by atoms with Crippen molar-refractivity contribution in [3.05, 3.63) is 63.1 Å². The molecule has 2 aromatic carbocycles. The van der Waals surface area contributed by atoms with Gasteiger partial charge in [-0.3, -0.25) is 20.4 Å². The first-order valence-corrected chi connectivity index (χ1v) is 8.43. The van der Waals surface area contributed by atoms with Crippen LogP contribution < -0.4 is 16.2 Å². The topological polar surface area (TPSA) is 70.2 Å². The molecule has 2 amide bonds. The molecular formula is C18H19Cl2N3O2. The minimum absolute atomic E-state index is 0.0525. The maximum atomic E-state index is 11.9. The molecule has 5 nitrogen and oxygen atoms in total.